The minimum atomic E-state index is 0. The van der Waals surface area contributed by atoms with E-state index in [9.17, 15) is 0 Å². The van der Waals surface area contributed by atoms with Crippen LogP contribution in [0.5, 0.6) is 0 Å². The maximum atomic E-state index is 3.78. The summed E-state index contributed by atoms with van der Waals surface area (Å²) in [6, 6.07) is 0. The zero-order valence-electron chi connectivity index (χ0n) is 6.22. The summed E-state index contributed by atoms with van der Waals surface area (Å²) in [6.07, 6.45) is 0. The Balaban J connectivity index is -0.000000320. The number of hydrogen-bond acceptors (Lipinski definition) is 2. The summed E-state index contributed by atoms with van der Waals surface area (Å²) in [7, 11) is 4.19. The summed E-state index contributed by atoms with van der Waals surface area (Å²) in [5.74, 6) is 2.51. The van der Waals surface area contributed by atoms with Crippen molar-refractivity contribution in [2.24, 2.45) is 0 Å². The standard InChI is InChI=1S/C4H12N2S2Te.2ClH/c5-1-3-7-9-8-4-2-6;;/h1-6H2;2*1H. The molecule has 0 atom stereocenters. The molecule has 0 aromatic heterocycles. The van der Waals surface area contributed by atoms with E-state index in [1.54, 1.807) is 0 Å². The molecule has 0 bridgehead atoms. The van der Waals surface area contributed by atoms with Gasteiger partial charge < -0.3 is 24.8 Å². The van der Waals surface area contributed by atoms with Gasteiger partial charge in [0.1, 0.15) is 0 Å². The van der Waals surface area contributed by atoms with E-state index in [4.69, 9.17) is 0 Å². The fourth-order valence-corrected chi connectivity index (χ4v) is 8.53. The van der Waals surface area contributed by atoms with Gasteiger partial charge in [-0.3, -0.25) is 0 Å². The van der Waals surface area contributed by atoms with E-state index in [1.807, 2.05) is 0 Å². The van der Waals surface area contributed by atoms with Crippen LogP contribution in [0.25, 0.3) is 0 Å². The first-order chi connectivity index (χ1) is 4.41. The number of rotatable bonds is 6. The molecular formula is C4H14Cl2N2S2Te. The summed E-state index contributed by atoms with van der Waals surface area (Å²) in [6.45, 7) is 2.17. The second-order valence-electron chi connectivity index (χ2n) is 1.42. The van der Waals surface area contributed by atoms with E-state index in [0.29, 0.717) is 0 Å². The molecule has 0 fully saturated rings. The van der Waals surface area contributed by atoms with Gasteiger partial charge in [-0.1, -0.05) is 0 Å². The molecule has 72 valence electrons. The van der Waals surface area contributed by atoms with Gasteiger partial charge in [-0.15, -0.1) is 0 Å². The molecule has 0 spiro atoms. The zero-order chi connectivity index (χ0) is 6.95. The molecule has 0 aromatic carbocycles. The van der Waals surface area contributed by atoms with E-state index in [0.717, 1.165) is 13.1 Å². The molecule has 2 nitrogen and oxygen atoms in total. The van der Waals surface area contributed by atoms with Crippen molar-refractivity contribution < 1.29 is 36.3 Å². The number of hydrogen-bond donors (Lipinski definition) is 2. The molecule has 0 heterocycles. The molecule has 0 saturated carbocycles. The third-order valence-corrected chi connectivity index (χ3v) is 10.0. The van der Waals surface area contributed by atoms with E-state index >= 15 is 0 Å². The van der Waals surface area contributed by atoms with Gasteiger partial charge in [0.15, 0.2) is 0 Å². The van der Waals surface area contributed by atoms with Gasteiger partial charge in [-0.25, -0.2) is 0 Å². The Bertz CT molecular complexity index is 57.4. The molecule has 11 heavy (non-hydrogen) atoms. The molecule has 7 heteroatoms. The zero-order valence-corrected chi connectivity index (χ0v) is 11.7. The van der Waals surface area contributed by atoms with Crippen LogP contribution in [-0.2, 0) is 0 Å². The summed E-state index contributed by atoms with van der Waals surface area (Å²) in [5, 5.41) is 0. The first-order valence-corrected chi connectivity index (χ1v) is 10.4. The van der Waals surface area contributed by atoms with Crippen molar-refractivity contribution >= 4 is 36.2 Å². The van der Waals surface area contributed by atoms with E-state index in [-0.39, 0.29) is 43.0 Å². The third kappa shape index (κ3) is 18.7. The molecule has 0 saturated heterocycles. The first-order valence-electron chi connectivity index (χ1n) is 2.91. The first kappa shape index (κ1) is 18.7. The van der Waals surface area contributed by atoms with Gasteiger partial charge in [0.05, 0.1) is 0 Å². The van der Waals surface area contributed by atoms with Gasteiger partial charge in [-0.05, 0) is 0 Å². The summed E-state index contributed by atoms with van der Waals surface area (Å²) in [4.78, 5) is 0. The van der Waals surface area contributed by atoms with E-state index in [2.05, 4.69) is 29.4 Å². The van der Waals surface area contributed by atoms with Crippen molar-refractivity contribution in [1.29, 1.82) is 0 Å². The maximum absolute atomic E-state index is 3.78. The van der Waals surface area contributed by atoms with E-state index in [1.165, 1.54) is 11.5 Å². The molecule has 0 radical (unpaired) electrons. The van der Waals surface area contributed by atoms with Crippen LogP contribution in [0, 0.1) is 0 Å². The Morgan fingerprint density at radius 3 is 1.55 bits per heavy atom. The summed E-state index contributed by atoms with van der Waals surface area (Å²) < 4.78 is 0. The summed E-state index contributed by atoms with van der Waals surface area (Å²) >= 11 is 0.211. The van der Waals surface area contributed by atoms with Gasteiger partial charge in [0, 0.05) is 0 Å². The van der Waals surface area contributed by atoms with Crippen LogP contribution in [0.1, 0.15) is 0 Å². The second-order valence-corrected chi connectivity index (χ2v) is 10.8. The Morgan fingerprint density at radius 2 is 1.27 bits per heavy atom. The number of quaternary nitrogens is 2. The SMILES string of the molecule is [Cl-].[Cl-].[NH3+]CCS[Te]SCC[NH3+]. The fraction of sp³-hybridized carbons (Fsp3) is 1.00. The minimum absolute atomic E-state index is 0. The molecular weight excluding hydrogens is 339 g/mol. The molecule has 0 amide bonds. The van der Waals surface area contributed by atoms with Crippen molar-refractivity contribution in [3.63, 3.8) is 0 Å². The van der Waals surface area contributed by atoms with Crippen LogP contribution >= 0.6 is 18.0 Å². The average molecular weight is 353 g/mol. The van der Waals surface area contributed by atoms with Gasteiger partial charge >= 0.3 is 72.2 Å². The number of halogens is 2. The third-order valence-electron chi connectivity index (χ3n) is 0.552. The molecule has 0 aliphatic heterocycles. The topological polar surface area (TPSA) is 55.3 Å². The van der Waals surface area contributed by atoms with Gasteiger partial charge in [-0.2, -0.15) is 0 Å². The van der Waals surface area contributed by atoms with Crippen molar-refractivity contribution in [3.8, 4) is 0 Å². The summed E-state index contributed by atoms with van der Waals surface area (Å²) in [5.41, 5.74) is 7.56. The molecule has 0 aliphatic carbocycles. The Hall–Kier alpha value is 1.99. The quantitative estimate of drug-likeness (QED) is 0.369. The average Bonchev–Trinajstić information content (AvgIpc) is 1.89. The molecule has 0 rings (SSSR count). The van der Waals surface area contributed by atoms with Crippen LogP contribution in [0.4, 0.5) is 0 Å². The fourth-order valence-electron chi connectivity index (χ4n) is 0.220. The van der Waals surface area contributed by atoms with Gasteiger partial charge in [0.25, 0.3) is 0 Å². The van der Waals surface area contributed by atoms with Crippen molar-refractivity contribution in [2.45, 2.75) is 0 Å². The molecule has 6 N–H and O–H groups in total. The van der Waals surface area contributed by atoms with Crippen molar-refractivity contribution in [1.82, 2.24) is 0 Å². The van der Waals surface area contributed by atoms with Crippen LogP contribution in [0.2, 0.25) is 0 Å². The van der Waals surface area contributed by atoms with Gasteiger partial charge in [0.2, 0.25) is 0 Å². The predicted molar refractivity (Wildman–Crippen MR) is 46.2 cm³/mol. The molecule has 0 aliphatic rings. The van der Waals surface area contributed by atoms with Crippen LogP contribution < -0.4 is 36.3 Å². The second kappa shape index (κ2) is 17.9. The van der Waals surface area contributed by atoms with Crippen molar-refractivity contribution in [2.75, 3.05) is 24.6 Å². The predicted octanol–water partition coefficient (Wildman–Crippen LogP) is -7.52. The Morgan fingerprint density at radius 1 is 0.909 bits per heavy atom. The normalized spacial score (nSPS) is 8.18. The Labute approximate surface area is 96.2 Å². The Kier molecular flexibility index (Phi) is 30.5. The van der Waals surface area contributed by atoms with Crippen molar-refractivity contribution in [3.05, 3.63) is 0 Å². The molecule has 0 unspecified atom stereocenters. The van der Waals surface area contributed by atoms with Crippen LogP contribution in [0.15, 0.2) is 0 Å². The van der Waals surface area contributed by atoms with Crippen LogP contribution in [0.3, 0.4) is 0 Å². The molecule has 0 aromatic rings. The van der Waals surface area contributed by atoms with E-state index < -0.39 is 0 Å². The monoisotopic (exact) mass is 354 g/mol. The van der Waals surface area contributed by atoms with Crippen LogP contribution in [-0.4, -0.2) is 42.8 Å².